The number of pyridine rings is 1. The molecule has 0 radical (unpaired) electrons. The fourth-order valence-corrected chi connectivity index (χ4v) is 2.23. The Labute approximate surface area is 161 Å². The number of rotatable bonds is 7. The Hall–Kier alpha value is -2.57. The van der Waals surface area contributed by atoms with Crippen LogP contribution in [-0.4, -0.2) is 28.6 Å². The van der Waals surface area contributed by atoms with Crippen molar-refractivity contribution in [1.82, 2.24) is 20.6 Å². The first-order valence-corrected chi connectivity index (χ1v) is 9.37. The predicted octanol–water partition coefficient (Wildman–Crippen LogP) is 3.41. The first kappa shape index (κ1) is 20.7. The van der Waals surface area contributed by atoms with E-state index in [1.807, 2.05) is 32.9 Å². The minimum absolute atomic E-state index is 0.0533. The number of hydrogen-bond acceptors (Lipinski definition) is 5. The highest BCUT2D eigenvalue weighted by Gasteiger charge is 2.19. The van der Waals surface area contributed by atoms with Gasteiger partial charge in [0.1, 0.15) is 5.76 Å². The van der Waals surface area contributed by atoms with E-state index in [4.69, 9.17) is 9.15 Å². The summed E-state index contributed by atoms with van der Waals surface area (Å²) in [5.41, 5.74) is 0.955. The largest absolute Gasteiger partial charge is 0.475 e. The first-order valence-electron chi connectivity index (χ1n) is 9.37. The number of aromatic nitrogens is 2. The Morgan fingerprint density at radius 3 is 2.52 bits per heavy atom. The van der Waals surface area contributed by atoms with Gasteiger partial charge in [-0.25, -0.2) is 15.0 Å². The van der Waals surface area contributed by atoms with E-state index in [1.54, 1.807) is 12.4 Å². The Bertz CT molecular complexity index is 730. The molecule has 0 amide bonds. The highest BCUT2D eigenvalue weighted by atomic mass is 16.5. The van der Waals surface area contributed by atoms with Gasteiger partial charge in [0.05, 0.1) is 25.4 Å². The molecule has 0 aliphatic rings. The molecule has 27 heavy (non-hydrogen) atoms. The van der Waals surface area contributed by atoms with E-state index in [2.05, 4.69) is 46.4 Å². The second kappa shape index (κ2) is 9.39. The van der Waals surface area contributed by atoms with Gasteiger partial charge in [-0.2, -0.15) is 0 Å². The zero-order chi connectivity index (χ0) is 19.9. The molecule has 0 aliphatic heterocycles. The summed E-state index contributed by atoms with van der Waals surface area (Å²) in [4.78, 5) is 13.2. The summed E-state index contributed by atoms with van der Waals surface area (Å²) in [6, 6.07) is 3.84. The number of nitrogens with zero attached hydrogens (tertiary/aromatic N) is 3. The fraction of sp³-hybridized carbons (Fsp3) is 0.550. The van der Waals surface area contributed by atoms with Crippen molar-refractivity contribution < 1.29 is 9.15 Å². The van der Waals surface area contributed by atoms with Crippen LogP contribution in [-0.2, 0) is 18.5 Å². The first-order chi connectivity index (χ1) is 12.8. The zero-order valence-electron chi connectivity index (χ0n) is 17.2. The molecule has 2 N–H and O–H groups in total. The van der Waals surface area contributed by atoms with Crippen molar-refractivity contribution in [2.45, 2.75) is 66.2 Å². The molecule has 2 heterocycles. The van der Waals surface area contributed by atoms with E-state index in [0.717, 1.165) is 17.9 Å². The summed E-state index contributed by atoms with van der Waals surface area (Å²) in [5, 5.41) is 6.47. The lowest BCUT2D eigenvalue weighted by Crippen LogP contribution is -2.36. The molecule has 0 fully saturated rings. The van der Waals surface area contributed by atoms with Crippen LogP contribution in [0.2, 0.25) is 0 Å². The summed E-state index contributed by atoms with van der Waals surface area (Å²) in [5.74, 6) is 2.84. The number of hydrogen-bond donors (Lipinski definition) is 2. The average molecular weight is 374 g/mol. The molecule has 2 aromatic heterocycles. The quantitative estimate of drug-likeness (QED) is 0.571. The van der Waals surface area contributed by atoms with Crippen molar-refractivity contribution in [2.75, 3.05) is 6.54 Å². The maximum atomic E-state index is 5.80. The molecular weight excluding hydrogens is 342 g/mol. The van der Waals surface area contributed by atoms with Crippen LogP contribution in [0.1, 0.15) is 58.8 Å². The molecule has 0 atom stereocenters. The lowest BCUT2D eigenvalue weighted by molar-refractivity contribution is 0.232. The summed E-state index contributed by atoms with van der Waals surface area (Å²) in [6.07, 6.45) is 3.68. The number of oxazole rings is 1. The van der Waals surface area contributed by atoms with E-state index >= 15 is 0 Å². The number of guanidine groups is 1. The smallest absolute Gasteiger partial charge is 0.213 e. The van der Waals surface area contributed by atoms with Gasteiger partial charge in [-0.1, -0.05) is 26.8 Å². The van der Waals surface area contributed by atoms with Crippen molar-refractivity contribution in [3.63, 3.8) is 0 Å². The van der Waals surface area contributed by atoms with E-state index in [0.29, 0.717) is 30.8 Å². The molecule has 0 saturated carbocycles. The third-order valence-corrected chi connectivity index (χ3v) is 3.62. The number of ether oxygens (including phenoxy) is 1. The fourth-order valence-electron chi connectivity index (χ4n) is 2.23. The van der Waals surface area contributed by atoms with E-state index in [-0.39, 0.29) is 11.5 Å². The second-order valence-electron chi connectivity index (χ2n) is 7.59. The van der Waals surface area contributed by atoms with Gasteiger partial charge >= 0.3 is 0 Å². The molecule has 0 bridgehead atoms. The van der Waals surface area contributed by atoms with Crippen LogP contribution in [0.3, 0.4) is 0 Å². The molecule has 2 aromatic rings. The van der Waals surface area contributed by atoms with Gasteiger partial charge in [0, 0.05) is 24.2 Å². The Morgan fingerprint density at radius 1 is 1.19 bits per heavy atom. The minimum atomic E-state index is -0.0533. The highest BCUT2D eigenvalue weighted by Crippen LogP contribution is 2.22. The molecule has 0 spiro atoms. The summed E-state index contributed by atoms with van der Waals surface area (Å²) in [6.45, 7) is 14.0. The third-order valence-electron chi connectivity index (χ3n) is 3.62. The Balaban J connectivity index is 1.94. The SMILES string of the molecule is CCNC(=NCc1ccc(OC(C)C)nc1)NCc1ncc(C(C)(C)C)o1. The van der Waals surface area contributed by atoms with Crippen LogP contribution in [0.25, 0.3) is 0 Å². The van der Waals surface area contributed by atoms with Crippen LogP contribution in [0.5, 0.6) is 5.88 Å². The van der Waals surface area contributed by atoms with Gasteiger partial charge in [0.2, 0.25) is 11.8 Å². The predicted molar refractivity (Wildman–Crippen MR) is 107 cm³/mol. The van der Waals surface area contributed by atoms with Gasteiger partial charge < -0.3 is 19.8 Å². The van der Waals surface area contributed by atoms with Crippen molar-refractivity contribution in [3.8, 4) is 5.88 Å². The number of nitrogens with one attached hydrogen (secondary N) is 2. The summed E-state index contributed by atoms with van der Waals surface area (Å²) >= 11 is 0. The van der Waals surface area contributed by atoms with Crippen LogP contribution in [0, 0.1) is 0 Å². The molecule has 148 valence electrons. The molecule has 0 aromatic carbocycles. The Kier molecular flexibility index (Phi) is 7.21. The molecule has 2 rings (SSSR count). The summed E-state index contributed by atoms with van der Waals surface area (Å²) < 4.78 is 11.4. The van der Waals surface area contributed by atoms with Crippen LogP contribution in [0.4, 0.5) is 0 Å². The third kappa shape index (κ3) is 6.92. The molecule has 0 aliphatic carbocycles. The molecule has 7 heteroatoms. The van der Waals surface area contributed by atoms with Gasteiger partial charge in [0.25, 0.3) is 0 Å². The standard InChI is InChI=1S/C20H31N5O2/c1-7-21-19(25-13-18-23-12-16(27-18)20(4,5)6)24-11-15-8-9-17(22-10-15)26-14(2)3/h8-10,12,14H,7,11,13H2,1-6H3,(H2,21,24,25). The molecule has 0 unspecified atom stereocenters. The monoisotopic (exact) mass is 373 g/mol. The number of aliphatic imine (C=N–C) groups is 1. The van der Waals surface area contributed by atoms with Gasteiger partial charge in [-0.3, -0.25) is 0 Å². The second-order valence-corrected chi connectivity index (χ2v) is 7.59. The molecule has 0 saturated heterocycles. The van der Waals surface area contributed by atoms with E-state index < -0.39 is 0 Å². The van der Waals surface area contributed by atoms with Gasteiger partial charge in [-0.05, 0) is 26.3 Å². The van der Waals surface area contributed by atoms with E-state index in [9.17, 15) is 0 Å². The van der Waals surface area contributed by atoms with E-state index in [1.165, 1.54) is 0 Å². The minimum Gasteiger partial charge on any atom is -0.475 e. The normalized spacial score (nSPS) is 12.3. The molecular formula is C20H31N5O2. The van der Waals surface area contributed by atoms with Gasteiger partial charge in [0.15, 0.2) is 5.96 Å². The van der Waals surface area contributed by atoms with Crippen molar-refractivity contribution in [2.24, 2.45) is 4.99 Å². The lowest BCUT2D eigenvalue weighted by atomic mass is 9.94. The highest BCUT2D eigenvalue weighted by molar-refractivity contribution is 5.79. The summed E-state index contributed by atoms with van der Waals surface area (Å²) in [7, 11) is 0. The zero-order valence-corrected chi connectivity index (χ0v) is 17.2. The van der Waals surface area contributed by atoms with Crippen molar-refractivity contribution in [3.05, 3.63) is 41.7 Å². The van der Waals surface area contributed by atoms with Crippen molar-refractivity contribution in [1.29, 1.82) is 0 Å². The van der Waals surface area contributed by atoms with Crippen molar-refractivity contribution >= 4 is 5.96 Å². The lowest BCUT2D eigenvalue weighted by Gasteiger charge is -2.13. The maximum Gasteiger partial charge on any atom is 0.213 e. The van der Waals surface area contributed by atoms with Crippen LogP contribution < -0.4 is 15.4 Å². The molecule has 7 nitrogen and oxygen atoms in total. The maximum absolute atomic E-state index is 5.80. The van der Waals surface area contributed by atoms with Gasteiger partial charge in [-0.15, -0.1) is 0 Å². The Morgan fingerprint density at radius 2 is 1.96 bits per heavy atom. The average Bonchev–Trinajstić information content (AvgIpc) is 3.07. The topological polar surface area (TPSA) is 84.6 Å². The van der Waals surface area contributed by atoms with Crippen LogP contribution >= 0.6 is 0 Å². The van der Waals surface area contributed by atoms with Crippen LogP contribution in [0.15, 0.2) is 33.9 Å².